The molecule has 0 heterocycles. The largest absolute Gasteiger partial charge is 0.468 e. The summed E-state index contributed by atoms with van der Waals surface area (Å²) in [5.41, 5.74) is 0. The van der Waals surface area contributed by atoms with Gasteiger partial charge in [0.1, 0.15) is 6.04 Å². The molecule has 0 radical (unpaired) electrons. The summed E-state index contributed by atoms with van der Waals surface area (Å²) < 4.78 is 14.8. The first-order chi connectivity index (χ1) is 7.26. The minimum absolute atomic E-state index is 0.291. The summed E-state index contributed by atoms with van der Waals surface area (Å²) in [5.74, 6) is -0.291. The summed E-state index contributed by atoms with van der Waals surface area (Å²) in [5, 5.41) is 3.06. The van der Waals surface area contributed by atoms with Crippen molar-refractivity contribution in [2.45, 2.75) is 19.4 Å². The summed E-state index contributed by atoms with van der Waals surface area (Å²) in [6.45, 7) is 4.13. The van der Waals surface area contributed by atoms with Gasteiger partial charge in [0, 0.05) is 7.11 Å². The molecule has 0 aliphatic rings. The van der Waals surface area contributed by atoms with Gasteiger partial charge >= 0.3 is 5.97 Å². The van der Waals surface area contributed by atoms with Crippen LogP contribution in [0.5, 0.6) is 0 Å². The highest BCUT2D eigenvalue weighted by atomic mass is 16.5. The maximum Gasteiger partial charge on any atom is 0.325 e. The minimum atomic E-state index is -0.383. The van der Waals surface area contributed by atoms with E-state index in [1.165, 1.54) is 7.11 Å². The van der Waals surface area contributed by atoms with E-state index in [0.29, 0.717) is 19.8 Å². The van der Waals surface area contributed by atoms with E-state index < -0.39 is 0 Å². The number of rotatable bonds is 9. The van der Waals surface area contributed by atoms with Crippen LogP contribution in [0.4, 0.5) is 0 Å². The zero-order valence-electron chi connectivity index (χ0n) is 9.75. The molecule has 1 atom stereocenters. The lowest BCUT2D eigenvalue weighted by atomic mass is 10.3. The second-order valence-electron chi connectivity index (χ2n) is 3.10. The van der Waals surface area contributed by atoms with Gasteiger partial charge in [-0.05, 0) is 13.0 Å². The lowest BCUT2D eigenvalue weighted by Crippen LogP contribution is -2.42. The summed E-state index contributed by atoms with van der Waals surface area (Å²) in [6, 6.07) is -0.383. The molecular formula is C10H21NO4. The molecule has 0 saturated heterocycles. The molecule has 0 aromatic heterocycles. The molecule has 0 fully saturated rings. The van der Waals surface area contributed by atoms with Gasteiger partial charge in [-0.1, -0.05) is 6.92 Å². The maximum atomic E-state index is 11.3. The second kappa shape index (κ2) is 9.89. The average Bonchev–Trinajstić information content (AvgIpc) is 2.27. The van der Waals surface area contributed by atoms with Crippen LogP contribution in [0.1, 0.15) is 13.3 Å². The van der Waals surface area contributed by atoms with E-state index in [4.69, 9.17) is 9.47 Å². The van der Waals surface area contributed by atoms with Gasteiger partial charge in [0.2, 0.25) is 0 Å². The van der Waals surface area contributed by atoms with E-state index >= 15 is 0 Å². The van der Waals surface area contributed by atoms with Crippen LogP contribution in [-0.4, -0.2) is 52.6 Å². The molecule has 0 amide bonds. The van der Waals surface area contributed by atoms with Gasteiger partial charge < -0.3 is 19.5 Å². The molecule has 0 rings (SSSR count). The Balaban J connectivity index is 3.74. The number of ether oxygens (including phenoxy) is 3. The molecule has 5 heteroatoms. The number of esters is 1. The average molecular weight is 219 g/mol. The molecular weight excluding hydrogens is 198 g/mol. The monoisotopic (exact) mass is 219 g/mol. The van der Waals surface area contributed by atoms with Gasteiger partial charge in [0.25, 0.3) is 0 Å². The zero-order valence-corrected chi connectivity index (χ0v) is 9.75. The smallest absolute Gasteiger partial charge is 0.325 e. The summed E-state index contributed by atoms with van der Waals surface area (Å²) in [6.07, 6.45) is 0.964. The quantitative estimate of drug-likeness (QED) is 0.443. The van der Waals surface area contributed by atoms with Crippen molar-refractivity contribution in [3.63, 3.8) is 0 Å². The first kappa shape index (κ1) is 14.3. The van der Waals surface area contributed by atoms with Crippen LogP contribution < -0.4 is 5.32 Å². The molecule has 1 N–H and O–H groups in total. The van der Waals surface area contributed by atoms with Crippen LogP contribution in [0.3, 0.4) is 0 Å². The SMILES string of the molecule is CCCNC(COCCOC)C(=O)OC. The topological polar surface area (TPSA) is 56.8 Å². The molecule has 15 heavy (non-hydrogen) atoms. The van der Waals surface area contributed by atoms with Crippen LogP contribution in [0, 0.1) is 0 Å². The van der Waals surface area contributed by atoms with E-state index in [1.807, 2.05) is 6.92 Å². The predicted octanol–water partition coefficient (Wildman–Crippen LogP) is 0.191. The predicted molar refractivity (Wildman–Crippen MR) is 56.8 cm³/mol. The highest BCUT2D eigenvalue weighted by Gasteiger charge is 2.17. The second-order valence-corrected chi connectivity index (χ2v) is 3.10. The first-order valence-corrected chi connectivity index (χ1v) is 5.14. The molecule has 0 saturated carbocycles. The Morgan fingerprint density at radius 3 is 2.60 bits per heavy atom. The van der Waals surface area contributed by atoms with Crippen molar-refractivity contribution in [3.8, 4) is 0 Å². The van der Waals surface area contributed by atoms with Crippen molar-refractivity contribution in [1.82, 2.24) is 5.32 Å². The Bertz CT molecular complexity index is 164. The van der Waals surface area contributed by atoms with Crippen LogP contribution in [0.2, 0.25) is 0 Å². The molecule has 0 aromatic carbocycles. The zero-order chi connectivity index (χ0) is 11.5. The van der Waals surface area contributed by atoms with Crippen LogP contribution in [0.15, 0.2) is 0 Å². The van der Waals surface area contributed by atoms with Gasteiger partial charge in [-0.3, -0.25) is 4.79 Å². The molecule has 0 aliphatic heterocycles. The van der Waals surface area contributed by atoms with E-state index in [0.717, 1.165) is 13.0 Å². The Morgan fingerprint density at radius 2 is 2.07 bits per heavy atom. The lowest BCUT2D eigenvalue weighted by Gasteiger charge is -2.15. The van der Waals surface area contributed by atoms with E-state index in [1.54, 1.807) is 7.11 Å². The van der Waals surface area contributed by atoms with Gasteiger partial charge in [-0.25, -0.2) is 0 Å². The summed E-state index contributed by atoms with van der Waals surface area (Å²) >= 11 is 0. The molecule has 90 valence electrons. The fourth-order valence-corrected chi connectivity index (χ4v) is 1.01. The fourth-order valence-electron chi connectivity index (χ4n) is 1.01. The standard InChI is InChI=1S/C10H21NO4/c1-4-5-11-9(10(12)14-3)8-15-7-6-13-2/h9,11H,4-8H2,1-3H3. The van der Waals surface area contributed by atoms with Crippen molar-refractivity contribution in [1.29, 1.82) is 0 Å². The van der Waals surface area contributed by atoms with Crippen LogP contribution in [-0.2, 0) is 19.0 Å². The van der Waals surface area contributed by atoms with Crippen LogP contribution >= 0.6 is 0 Å². The Hall–Kier alpha value is -0.650. The normalized spacial score (nSPS) is 12.5. The number of hydrogen-bond acceptors (Lipinski definition) is 5. The Morgan fingerprint density at radius 1 is 1.33 bits per heavy atom. The van der Waals surface area contributed by atoms with Gasteiger partial charge in [0.05, 0.1) is 26.9 Å². The molecule has 1 unspecified atom stereocenters. The number of nitrogens with one attached hydrogen (secondary N) is 1. The van der Waals surface area contributed by atoms with Crippen molar-refractivity contribution < 1.29 is 19.0 Å². The van der Waals surface area contributed by atoms with Crippen molar-refractivity contribution in [3.05, 3.63) is 0 Å². The minimum Gasteiger partial charge on any atom is -0.468 e. The third-order valence-corrected chi connectivity index (χ3v) is 1.84. The molecule has 0 spiro atoms. The number of methoxy groups -OCH3 is 2. The number of carbonyl (C=O) groups is 1. The van der Waals surface area contributed by atoms with Gasteiger partial charge in [-0.2, -0.15) is 0 Å². The molecule has 0 aromatic rings. The highest BCUT2D eigenvalue weighted by molar-refractivity contribution is 5.75. The third-order valence-electron chi connectivity index (χ3n) is 1.84. The maximum absolute atomic E-state index is 11.3. The van der Waals surface area contributed by atoms with E-state index in [9.17, 15) is 4.79 Å². The van der Waals surface area contributed by atoms with Crippen molar-refractivity contribution >= 4 is 5.97 Å². The highest BCUT2D eigenvalue weighted by Crippen LogP contribution is 1.91. The van der Waals surface area contributed by atoms with Gasteiger partial charge in [-0.15, -0.1) is 0 Å². The number of hydrogen-bond donors (Lipinski definition) is 1. The first-order valence-electron chi connectivity index (χ1n) is 5.14. The van der Waals surface area contributed by atoms with Crippen molar-refractivity contribution in [2.24, 2.45) is 0 Å². The Labute approximate surface area is 91.1 Å². The van der Waals surface area contributed by atoms with Crippen molar-refractivity contribution in [2.75, 3.05) is 40.6 Å². The van der Waals surface area contributed by atoms with Gasteiger partial charge in [0.15, 0.2) is 0 Å². The fraction of sp³-hybridized carbons (Fsp3) is 0.900. The third kappa shape index (κ3) is 7.30. The van der Waals surface area contributed by atoms with E-state index in [2.05, 4.69) is 10.1 Å². The number of carbonyl (C=O) groups excluding carboxylic acids is 1. The summed E-state index contributed by atoms with van der Waals surface area (Å²) in [4.78, 5) is 11.3. The lowest BCUT2D eigenvalue weighted by molar-refractivity contribution is -0.144. The molecule has 0 bridgehead atoms. The van der Waals surface area contributed by atoms with E-state index in [-0.39, 0.29) is 12.0 Å². The molecule has 5 nitrogen and oxygen atoms in total. The summed E-state index contributed by atoms with van der Waals surface area (Å²) in [7, 11) is 2.98. The Kier molecular flexibility index (Phi) is 9.46. The molecule has 0 aliphatic carbocycles. The van der Waals surface area contributed by atoms with Crippen LogP contribution in [0.25, 0.3) is 0 Å².